The fraction of sp³-hybridized carbons (Fsp3) is 0.0769. The van der Waals surface area contributed by atoms with Crippen molar-refractivity contribution in [1.82, 2.24) is 4.98 Å². The van der Waals surface area contributed by atoms with Crippen molar-refractivity contribution in [3.63, 3.8) is 0 Å². The van der Waals surface area contributed by atoms with E-state index in [1.807, 2.05) is 0 Å². The van der Waals surface area contributed by atoms with E-state index >= 15 is 0 Å². The van der Waals surface area contributed by atoms with E-state index in [1.165, 1.54) is 19.2 Å². The molecule has 0 saturated heterocycles. The molecule has 1 amide bonds. The normalized spacial score (nSPS) is 10.1. The number of phenolic OH excluding ortho intramolecular Hbond substituents is 1. The predicted molar refractivity (Wildman–Crippen MR) is 76.1 cm³/mol. The quantitative estimate of drug-likeness (QED) is 0.342. The summed E-state index contributed by atoms with van der Waals surface area (Å²) >= 11 is 0. The molecule has 0 fully saturated rings. The van der Waals surface area contributed by atoms with Gasteiger partial charge in [-0.2, -0.15) is 0 Å². The SMILES string of the molecule is Cc1c(N)cc(C(=O)Nc2ccccn2)c(O)c1[N+](=O)[O-]. The number of hydrogen-bond acceptors (Lipinski definition) is 6. The zero-order valence-electron chi connectivity index (χ0n) is 11.0. The van der Waals surface area contributed by atoms with Gasteiger partial charge in [0.05, 0.1) is 16.1 Å². The second-order valence-corrected chi connectivity index (χ2v) is 4.26. The molecule has 0 aliphatic rings. The van der Waals surface area contributed by atoms with Gasteiger partial charge in [-0.25, -0.2) is 4.98 Å². The van der Waals surface area contributed by atoms with Gasteiger partial charge in [0.15, 0.2) is 0 Å². The van der Waals surface area contributed by atoms with Gasteiger partial charge in [0.25, 0.3) is 5.91 Å². The van der Waals surface area contributed by atoms with E-state index in [2.05, 4.69) is 10.3 Å². The van der Waals surface area contributed by atoms with Crippen molar-refractivity contribution in [1.29, 1.82) is 0 Å². The van der Waals surface area contributed by atoms with Crippen LogP contribution in [-0.4, -0.2) is 20.9 Å². The molecular formula is C13H12N4O4. The van der Waals surface area contributed by atoms with Gasteiger partial charge in [0, 0.05) is 11.9 Å². The minimum atomic E-state index is -0.779. The molecule has 0 unspecified atom stereocenters. The maximum Gasteiger partial charge on any atom is 0.316 e. The first-order chi connectivity index (χ1) is 9.91. The molecule has 108 valence electrons. The van der Waals surface area contributed by atoms with Crippen LogP contribution in [0.15, 0.2) is 30.5 Å². The second kappa shape index (κ2) is 5.45. The molecule has 0 spiro atoms. The number of aromatic hydroxyl groups is 1. The number of phenols is 1. The van der Waals surface area contributed by atoms with Crippen LogP contribution in [0.1, 0.15) is 15.9 Å². The second-order valence-electron chi connectivity index (χ2n) is 4.26. The molecule has 4 N–H and O–H groups in total. The van der Waals surface area contributed by atoms with E-state index in [-0.39, 0.29) is 22.6 Å². The number of amides is 1. The molecule has 1 aromatic heterocycles. The summed E-state index contributed by atoms with van der Waals surface area (Å²) in [6, 6.07) is 6.06. The molecule has 21 heavy (non-hydrogen) atoms. The molecule has 8 heteroatoms. The molecule has 2 aromatic rings. The average Bonchev–Trinajstić information content (AvgIpc) is 2.43. The van der Waals surface area contributed by atoms with Crippen LogP contribution in [0.25, 0.3) is 0 Å². The lowest BCUT2D eigenvalue weighted by Gasteiger charge is -2.09. The van der Waals surface area contributed by atoms with Crippen molar-refractivity contribution < 1.29 is 14.8 Å². The van der Waals surface area contributed by atoms with Gasteiger partial charge in [-0.05, 0) is 25.1 Å². The minimum absolute atomic E-state index is 0.0469. The summed E-state index contributed by atoms with van der Waals surface area (Å²) in [6.07, 6.45) is 1.47. The number of pyridine rings is 1. The van der Waals surface area contributed by atoms with Crippen LogP contribution < -0.4 is 11.1 Å². The number of anilines is 2. The Balaban J connectivity index is 2.45. The van der Waals surface area contributed by atoms with E-state index in [0.29, 0.717) is 0 Å². The van der Waals surface area contributed by atoms with E-state index in [4.69, 9.17) is 5.73 Å². The van der Waals surface area contributed by atoms with Gasteiger partial charge >= 0.3 is 5.69 Å². The fourth-order valence-corrected chi connectivity index (χ4v) is 1.79. The lowest BCUT2D eigenvalue weighted by molar-refractivity contribution is -0.386. The highest BCUT2D eigenvalue weighted by molar-refractivity contribution is 6.07. The van der Waals surface area contributed by atoms with Crippen molar-refractivity contribution >= 4 is 23.1 Å². The molecule has 1 aromatic carbocycles. The third kappa shape index (κ3) is 2.73. The number of nitro benzene ring substituents is 1. The summed E-state index contributed by atoms with van der Waals surface area (Å²) in [6.45, 7) is 1.40. The monoisotopic (exact) mass is 288 g/mol. The number of hydrogen-bond donors (Lipinski definition) is 3. The van der Waals surface area contributed by atoms with Crippen LogP contribution in [0.4, 0.5) is 17.2 Å². The smallest absolute Gasteiger partial charge is 0.316 e. The Hall–Kier alpha value is -3.16. The Bertz CT molecular complexity index is 716. The van der Waals surface area contributed by atoms with Crippen molar-refractivity contribution in [2.24, 2.45) is 0 Å². The zero-order chi connectivity index (χ0) is 15.6. The van der Waals surface area contributed by atoms with E-state index < -0.39 is 22.3 Å². The topological polar surface area (TPSA) is 131 Å². The molecule has 0 radical (unpaired) electrons. The summed E-state index contributed by atoms with van der Waals surface area (Å²) in [7, 11) is 0. The Morgan fingerprint density at radius 1 is 1.48 bits per heavy atom. The molecule has 0 saturated carbocycles. The maximum absolute atomic E-state index is 12.1. The highest BCUT2D eigenvalue weighted by atomic mass is 16.6. The number of aromatic nitrogens is 1. The molecule has 8 nitrogen and oxygen atoms in total. The van der Waals surface area contributed by atoms with E-state index in [1.54, 1.807) is 18.2 Å². The summed E-state index contributed by atoms with van der Waals surface area (Å²) in [4.78, 5) is 26.2. The number of nitrogens with two attached hydrogens (primary N) is 1. The number of nitrogens with zero attached hydrogens (tertiary/aromatic N) is 2. The lowest BCUT2D eigenvalue weighted by Crippen LogP contribution is -2.14. The highest BCUT2D eigenvalue weighted by Gasteiger charge is 2.26. The van der Waals surface area contributed by atoms with Gasteiger partial charge in [-0.15, -0.1) is 0 Å². The third-order valence-electron chi connectivity index (χ3n) is 2.90. The Kier molecular flexibility index (Phi) is 3.70. The minimum Gasteiger partial charge on any atom is -0.502 e. The first-order valence-electron chi connectivity index (χ1n) is 5.90. The van der Waals surface area contributed by atoms with Crippen molar-refractivity contribution in [2.45, 2.75) is 6.92 Å². The summed E-state index contributed by atoms with van der Waals surface area (Å²) in [5, 5.41) is 23.3. The van der Waals surface area contributed by atoms with Crippen LogP contribution in [0.3, 0.4) is 0 Å². The van der Waals surface area contributed by atoms with Gasteiger partial charge in [-0.1, -0.05) is 6.07 Å². The largest absolute Gasteiger partial charge is 0.502 e. The fourth-order valence-electron chi connectivity index (χ4n) is 1.79. The Morgan fingerprint density at radius 3 is 2.76 bits per heavy atom. The summed E-state index contributed by atoms with van der Waals surface area (Å²) in [5.41, 5.74) is 4.93. The van der Waals surface area contributed by atoms with Gasteiger partial charge < -0.3 is 16.2 Å². The zero-order valence-corrected chi connectivity index (χ0v) is 11.0. The van der Waals surface area contributed by atoms with Crippen LogP contribution in [0.5, 0.6) is 5.75 Å². The van der Waals surface area contributed by atoms with Crippen molar-refractivity contribution in [3.05, 3.63) is 51.7 Å². The summed E-state index contributed by atoms with van der Waals surface area (Å²) in [5.74, 6) is -1.20. The lowest BCUT2D eigenvalue weighted by atomic mass is 10.1. The molecule has 1 heterocycles. The number of rotatable bonds is 3. The molecule has 2 rings (SSSR count). The van der Waals surface area contributed by atoms with Crippen LogP contribution >= 0.6 is 0 Å². The molecule has 0 atom stereocenters. The predicted octanol–water partition coefficient (Wildman–Crippen LogP) is 1.84. The molecular weight excluding hydrogens is 276 g/mol. The number of carbonyl (C=O) groups excluding carboxylic acids is 1. The van der Waals surface area contributed by atoms with E-state index in [0.717, 1.165) is 0 Å². The maximum atomic E-state index is 12.1. The number of nitro groups is 1. The average molecular weight is 288 g/mol. The van der Waals surface area contributed by atoms with Crippen LogP contribution in [0, 0.1) is 17.0 Å². The molecule has 0 aliphatic carbocycles. The number of nitrogens with one attached hydrogen (secondary N) is 1. The Morgan fingerprint density at radius 2 is 2.19 bits per heavy atom. The Labute approximate surface area is 119 Å². The third-order valence-corrected chi connectivity index (χ3v) is 2.90. The number of carbonyl (C=O) groups is 1. The van der Waals surface area contributed by atoms with Crippen molar-refractivity contribution in [2.75, 3.05) is 11.1 Å². The first-order valence-corrected chi connectivity index (χ1v) is 5.90. The highest BCUT2D eigenvalue weighted by Crippen LogP contribution is 2.37. The number of benzene rings is 1. The van der Waals surface area contributed by atoms with Gasteiger partial charge in [0.1, 0.15) is 5.82 Å². The van der Waals surface area contributed by atoms with Gasteiger partial charge in [-0.3, -0.25) is 14.9 Å². The summed E-state index contributed by atoms with van der Waals surface area (Å²) < 4.78 is 0. The van der Waals surface area contributed by atoms with Crippen molar-refractivity contribution in [3.8, 4) is 5.75 Å². The molecule has 0 aliphatic heterocycles. The van der Waals surface area contributed by atoms with E-state index in [9.17, 15) is 20.0 Å². The molecule has 0 bridgehead atoms. The van der Waals surface area contributed by atoms with Gasteiger partial charge in [0.2, 0.25) is 5.75 Å². The van der Waals surface area contributed by atoms with Crippen LogP contribution in [-0.2, 0) is 0 Å². The standard InChI is InChI=1S/C13H12N4O4/c1-7-9(14)6-8(12(18)11(7)17(20)21)13(19)16-10-4-2-3-5-15-10/h2-6,18H,14H2,1H3,(H,15,16,19). The first kappa shape index (κ1) is 14.3. The number of nitrogen functional groups attached to an aromatic ring is 1. The van der Waals surface area contributed by atoms with Crippen LogP contribution in [0.2, 0.25) is 0 Å².